The first-order chi connectivity index (χ1) is 16.4. The normalized spacial score (nSPS) is 11.6. The van der Waals surface area contributed by atoms with Crippen molar-refractivity contribution < 1.29 is 0 Å². The van der Waals surface area contributed by atoms with Crippen molar-refractivity contribution in [1.29, 1.82) is 0 Å². The van der Waals surface area contributed by atoms with Crippen molar-refractivity contribution in [1.82, 2.24) is 4.98 Å². The van der Waals surface area contributed by atoms with Crippen LogP contribution >= 0.6 is 11.3 Å². The Balaban J connectivity index is 1.63. The molecule has 0 aliphatic rings. The fourth-order valence-corrected chi connectivity index (χ4v) is 6.17. The third-order valence-corrected chi connectivity index (χ3v) is 7.66. The highest BCUT2D eigenvalue weighted by molar-refractivity contribution is 7.25. The van der Waals surface area contributed by atoms with Gasteiger partial charge < -0.3 is 0 Å². The van der Waals surface area contributed by atoms with Gasteiger partial charge in [0.25, 0.3) is 0 Å². The molecule has 7 aromatic rings. The topological polar surface area (TPSA) is 12.9 Å². The van der Waals surface area contributed by atoms with E-state index in [0.29, 0.717) is 0 Å². The molecular formula is C31H19NS. The maximum Gasteiger partial charge on any atom is 0.0792 e. The van der Waals surface area contributed by atoms with Crippen LogP contribution in [0.3, 0.4) is 0 Å². The van der Waals surface area contributed by atoms with Crippen LogP contribution in [-0.4, -0.2) is 4.98 Å². The van der Waals surface area contributed by atoms with Crippen molar-refractivity contribution >= 4 is 53.2 Å². The molecule has 0 atom stereocenters. The van der Waals surface area contributed by atoms with Crippen molar-refractivity contribution in [3.8, 4) is 22.3 Å². The molecule has 33 heavy (non-hydrogen) atoms. The van der Waals surface area contributed by atoms with Gasteiger partial charge in [0.1, 0.15) is 0 Å². The Morgan fingerprint density at radius 2 is 1.12 bits per heavy atom. The zero-order valence-corrected chi connectivity index (χ0v) is 18.6. The van der Waals surface area contributed by atoms with Gasteiger partial charge in [-0.3, -0.25) is 4.98 Å². The van der Waals surface area contributed by atoms with Crippen LogP contribution in [0, 0.1) is 0 Å². The Hall–Kier alpha value is -4.01. The quantitative estimate of drug-likeness (QED) is 0.246. The number of rotatable bonds is 2. The summed E-state index contributed by atoms with van der Waals surface area (Å²) in [4.78, 5) is 4.90. The first kappa shape index (κ1) is 18.6. The number of hydrogen-bond donors (Lipinski definition) is 0. The zero-order chi connectivity index (χ0) is 21.8. The van der Waals surface area contributed by atoms with Gasteiger partial charge in [-0.05, 0) is 51.7 Å². The predicted molar refractivity (Wildman–Crippen MR) is 143 cm³/mol. The second-order valence-electron chi connectivity index (χ2n) is 8.37. The first-order valence-corrected chi connectivity index (χ1v) is 12.0. The molecule has 0 saturated heterocycles. The molecule has 2 aromatic heterocycles. The molecule has 1 nitrogen and oxygen atoms in total. The van der Waals surface area contributed by atoms with Crippen LogP contribution in [0.5, 0.6) is 0 Å². The molecule has 5 aromatic carbocycles. The predicted octanol–water partition coefficient (Wildman–Crippen LogP) is 9.09. The molecule has 154 valence electrons. The highest BCUT2D eigenvalue weighted by Crippen LogP contribution is 2.44. The smallest absolute Gasteiger partial charge is 0.0792 e. The summed E-state index contributed by atoms with van der Waals surface area (Å²) in [6.45, 7) is 0. The van der Waals surface area contributed by atoms with E-state index < -0.39 is 0 Å². The van der Waals surface area contributed by atoms with Crippen LogP contribution in [0.25, 0.3) is 64.1 Å². The molecule has 0 bridgehead atoms. The van der Waals surface area contributed by atoms with E-state index in [9.17, 15) is 0 Å². The van der Waals surface area contributed by atoms with Crippen LogP contribution in [0.2, 0.25) is 0 Å². The Bertz CT molecular complexity index is 1760. The van der Waals surface area contributed by atoms with Crippen LogP contribution in [0.1, 0.15) is 0 Å². The lowest BCUT2D eigenvalue weighted by Crippen LogP contribution is -1.92. The van der Waals surface area contributed by atoms with Crippen LogP contribution in [-0.2, 0) is 0 Å². The second-order valence-corrected chi connectivity index (χ2v) is 9.45. The van der Waals surface area contributed by atoms with E-state index in [1.54, 1.807) is 0 Å². The molecule has 0 unspecified atom stereocenters. The summed E-state index contributed by atoms with van der Waals surface area (Å²) in [5.74, 6) is 0. The van der Waals surface area contributed by atoms with Gasteiger partial charge >= 0.3 is 0 Å². The second kappa shape index (κ2) is 7.26. The average Bonchev–Trinajstić information content (AvgIpc) is 3.25. The average molecular weight is 438 g/mol. The molecule has 7 rings (SSSR count). The lowest BCUT2D eigenvalue weighted by molar-refractivity contribution is 1.42. The number of nitrogens with zero attached hydrogens (tertiary/aromatic N) is 1. The van der Waals surface area contributed by atoms with E-state index >= 15 is 0 Å². The number of pyridine rings is 1. The SMILES string of the molecule is c1ccc(-c2c3ccccc3c(-c3ccc4sc5ccccc5c4c3)c3cccnc23)cc1. The Kier molecular flexibility index (Phi) is 4.08. The van der Waals surface area contributed by atoms with Crippen molar-refractivity contribution in [2.75, 3.05) is 0 Å². The number of thiophene rings is 1. The lowest BCUT2D eigenvalue weighted by atomic mass is 9.88. The minimum Gasteiger partial charge on any atom is -0.256 e. The Morgan fingerprint density at radius 3 is 1.97 bits per heavy atom. The monoisotopic (exact) mass is 437 g/mol. The maximum atomic E-state index is 4.90. The molecule has 2 heterocycles. The molecular weight excluding hydrogens is 418 g/mol. The Morgan fingerprint density at radius 1 is 0.455 bits per heavy atom. The van der Waals surface area contributed by atoms with E-state index in [4.69, 9.17) is 4.98 Å². The minimum absolute atomic E-state index is 1.05. The fourth-order valence-electron chi connectivity index (χ4n) is 5.09. The summed E-state index contributed by atoms with van der Waals surface area (Å²) in [6, 6.07) is 39.2. The Labute approximate surface area is 195 Å². The highest BCUT2D eigenvalue weighted by Gasteiger charge is 2.17. The maximum absolute atomic E-state index is 4.90. The van der Waals surface area contributed by atoms with Gasteiger partial charge in [0, 0.05) is 37.3 Å². The summed E-state index contributed by atoms with van der Waals surface area (Å²) >= 11 is 1.86. The van der Waals surface area contributed by atoms with E-state index in [1.807, 2.05) is 23.6 Å². The van der Waals surface area contributed by atoms with Gasteiger partial charge in [0.2, 0.25) is 0 Å². The lowest BCUT2D eigenvalue weighted by Gasteiger charge is -2.17. The van der Waals surface area contributed by atoms with Gasteiger partial charge in [-0.2, -0.15) is 0 Å². The largest absolute Gasteiger partial charge is 0.256 e. The molecule has 0 aliphatic heterocycles. The van der Waals surface area contributed by atoms with E-state index in [1.165, 1.54) is 58.6 Å². The van der Waals surface area contributed by atoms with Crippen LogP contribution in [0.15, 0.2) is 115 Å². The molecule has 2 heteroatoms. The molecule has 0 N–H and O–H groups in total. The van der Waals surface area contributed by atoms with Crippen molar-refractivity contribution in [2.45, 2.75) is 0 Å². The van der Waals surface area contributed by atoms with E-state index in [-0.39, 0.29) is 0 Å². The van der Waals surface area contributed by atoms with E-state index in [0.717, 1.165) is 5.52 Å². The van der Waals surface area contributed by atoms with Gasteiger partial charge in [-0.1, -0.05) is 84.9 Å². The third kappa shape index (κ3) is 2.81. The van der Waals surface area contributed by atoms with Crippen LogP contribution in [0.4, 0.5) is 0 Å². The molecule has 0 radical (unpaired) electrons. The molecule has 0 saturated carbocycles. The summed E-state index contributed by atoms with van der Waals surface area (Å²) in [6.07, 6.45) is 1.91. The third-order valence-electron chi connectivity index (χ3n) is 6.51. The number of aromatic nitrogens is 1. The number of benzene rings is 5. The summed E-state index contributed by atoms with van der Waals surface area (Å²) in [5, 5.41) is 6.33. The standard InChI is InChI=1S/C31H19NS/c1-2-9-20(10-3-1)30-24-13-5-4-12-23(24)29(25-14-8-18-32-31(25)30)21-16-17-28-26(19-21)22-11-6-7-15-27(22)33-28/h1-19H. The highest BCUT2D eigenvalue weighted by atomic mass is 32.1. The van der Waals surface area contributed by atoms with Crippen molar-refractivity contribution in [3.05, 3.63) is 115 Å². The number of hydrogen-bond acceptors (Lipinski definition) is 2. The van der Waals surface area contributed by atoms with E-state index in [2.05, 4.69) is 103 Å². The van der Waals surface area contributed by atoms with Gasteiger partial charge in [0.05, 0.1) is 5.52 Å². The zero-order valence-electron chi connectivity index (χ0n) is 17.8. The van der Waals surface area contributed by atoms with Crippen molar-refractivity contribution in [2.24, 2.45) is 0 Å². The summed E-state index contributed by atoms with van der Waals surface area (Å²) in [5.41, 5.74) is 5.94. The van der Waals surface area contributed by atoms with Gasteiger partial charge in [0.15, 0.2) is 0 Å². The fraction of sp³-hybridized carbons (Fsp3) is 0. The van der Waals surface area contributed by atoms with Gasteiger partial charge in [-0.25, -0.2) is 0 Å². The summed E-state index contributed by atoms with van der Waals surface area (Å²) < 4.78 is 2.66. The number of fused-ring (bicyclic) bond motifs is 5. The van der Waals surface area contributed by atoms with Gasteiger partial charge in [-0.15, -0.1) is 11.3 Å². The first-order valence-electron chi connectivity index (χ1n) is 11.1. The van der Waals surface area contributed by atoms with Crippen molar-refractivity contribution in [3.63, 3.8) is 0 Å². The molecule has 0 spiro atoms. The van der Waals surface area contributed by atoms with Crippen LogP contribution < -0.4 is 0 Å². The molecule has 0 aliphatic carbocycles. The molecule has 0 amide bonds. The summed E-state index contributed by atoms with van der Waals surface area (Å²) in [7, 11) is 0. The minimum atomic E-state index is 1.05. The molecule has 0 fully saturated rings.